The second-order valence-corrected chi connectivity index (χ2v) is 14.5. The van der Waals surface area contributed by atoms with E-state index in [1.165, 1.54) is 60.7 Å². The van der Waals surface area contributed by atoms with Crippen LogP contribution in [0.2, 0.25) is 0 Å². The van der Waals surface area contributed by atoms with Gasteiger partial charge in [0.25, 0.3) is 30.4 Å². The van der Waals surface area contributed by atoms with E-state index in [-0.39, 0.29) is 14.7 Å². The zero-order chi connectivity index (χ0) is 30.9. The first-order valence-electron chi connectivity index (χ1n) is 12.6. The van der Waals surface area contributed by atoms with Crippen LogP contribution in [0.25, 0.3) is 0 Å². The summed E-state index contributed by atoms with van der Waals surface area (Å²) in [5, 5.41) is 21.9. The number of benzene rings is 3. The molecule has 1 aliphatic heterocycles. The standard InChI is InChI=1S/C27H30O12S3/c1-17-4-10-20(11-5-17)40(30,31)36-16-23-24(28)25(38-41(32,33)21-12-6-18(2)7-13-21)26(27(29)37-23)39-42(34,35)22-14-8-19(3)9-15-22/h4-15,23-29H,16H2,1-3H3. The summed E-state index contributed by atoms with van der Waals surface area (Å²) in [4.78, 5) is -0.833. The SMILES string of the molecule is Cc1ccc(S(=O)(=O)OCC2OC(O)C(OS(=O)(=O)c3ccc(C)cc3)C(OS(=O)(=O)c3ccc(C)cc3)C2O)cc1. The Balaban J connectivity index is 1.63. The van der Waals surface area contributed by atoms with Crippen LogP contribution in [0.15, 0.2) is 87.5 Å². The molecule has 0 radical (unpaired) electrons. The highest BCUT2D eigenvalue weighted by atomic mass is 32.2. The van der Waals surface area contributed by atoms with Crippen molar-refractivity contribution in [2.75, 3.05) is 6.61 Å². The van der Waals surface area contributed by atoms with Crippen molar-refractivity contribution in [3.8, 4) is 0 Å². The van der Waals surface area contributed by atoms with Crippen LogP contribution in [-0.4, -0.2) is 72.8 Å². The average molecular weight is 643 g/mol. The smallest absolute Gasteiger partial charge is 0.297 e. The normalized spacial score (nSPS) is 23.5. The highest BCUT2D eigenvalue weighted by Crippen LogP contribution is 2.31. The molecule has 0 aromatic heterocycles. The molecule has 1 fully saturated rings. The summed E-state index contributed by atoms with van der Waals surface area (Å²) in [5.41, 5.74) is 2.29. The molecule has 0 saturated carbocycles. The Labute approximate surface area is 244 Å². The number of aryl methyl sites for hydroxylation is 3. The topological polar surface area (TPSA) is 180 Å². The van der Waals surface area contributed by atoms with Crippen LogP contribution >= 0.6 is 0 Å². The van der Waals surface area contributed by atoms with Gasteiger partial charge in [-0.1, -0.05) is 53.1 Å². The van der Waals surface area contributed by atoms with Gasteiger partial charge in [0, 0.05) is 0 Å². The lowest BCUT2D eigenvalue weighted by Gasteiger charge is -2.41. The van der Waals surface area contributed by atoms with E-state index in [4.69, 9.17) is 17.3 Å². The molecule has 0 amide bonds. The van der Waals surface area contributed by atoms with Gasteiger partial charge in [-0.15, -0.1) is 0 Å². The number of aliphatic hydroxyl groups excluding tert-OH is 2. The van der Waals surface area contributed by atoms with Gasteiger partial charge in [0.2, 0.25) is 0 Å². The van der Waals surface area contributed by atoms with Gasteiger partial charge in [-0.2, -0.15) is 25.3 Å². The van der Waals surface area contributed by atoms with Gasteiger partial charge < -0.3 is 14.9 Å². The number of ether oxygens (including phenoxy) is 1. The lowest BCUT2D eigenvalue weighted by atomic mass is 9.99. The first-order valence-corrected chi connectivity index (χ1v) is 16.8. The fourth-order valence-corrected chi connectivity index (χ4v) is 7.09. The summed E-state index contributed by atoms with van der Waals surface area (Å²) < 4.78 is 98.4. The first-order chi connectivity index (χ1) is 19.6. The summed E-state index contributed by atoms with van der Waals surface area (Å²) in [6, 6.07) is 16.6. The van der Waals surface area contributed by atoms with E-state index in [0.29, 0.717) is 0 Å². The number of aliphatic hydroxyl groups is 2. The third kappa shape index (κ3) is 7.42. The molecule has 0 aliphatic carbocycles. The zero-order valence-electron chi connectivity index (χ0n) is 22.7. The Kier molecular flexibility index (Phi) is 9.56. The van der Waals surface area contributed by atoms with Gasteiger partial charge in [0.05, 0.1) is 21.3 Å². The number of rotatable bonds is 10. The molecule has 228 valence electrons. The summed E-state index contributed by atoms with van der Waals surface area (Å²) in [6.45, 7) is 4.34. The second-order valence-electron chi connectivity index (χ2n) is 9.76. The molecule has 3 aromatic carbocycles. The van der Waals surface area contributed by atoms with Gasteiger partial charge in [-0.3, -0.25) is 12.5 Å². The molecule has 3 aromatic rings. The molecule has 1 aliphatic rings. The van der Waals surface area contributed by atoms with Crippen LogP contribution in [-0.2, 0) is 47.6 Å². The third-order valence-electron chi connectivity index (χ3n) is 6.43. The van der Waals surface area contributed by atoms with E-state index in [0.717, 1.165) is 16.7 Å². The van der Waals surface area contributed by atoms with Gasteiger partial charge in [0.1, 0.15) is 18.3 Å². The fraction of sp³-hybridized carbons (Fsp3) is 0.333. The average Bonchev–Trinajstić information content (AvgIpc) is 2.92. The Morgan fingerprint density at radius 3 is 1.36 bits per heavy atom. The van der Waals surface area contributed by atoms with Gasteiger partial charge in [0.15, 0.2) is 12.4 Å². The van der Waals surface area contributed by atoms with Crippen molar-refractivity contribution < 1.29 is 52.8 Å². The van der Waals surface area contributed by atoms with E-state index in [9.17, 15) is 35.5 Å². The van der Waals surface area contributed by atoms with Crippen LogP contribution in [0, 0.1) is 20.8 Å². The van der Waals surface area contributed by atoms with Crippen LogP contribution < -0.4 is 0 Å². The van der Waals surface area contributed by atoms with Crippen molar-refractivity contribution in [2.45, 2.75) is 66.2 Å². The molecular formula is C27H30O12S3. The monoisotopic (exact) mass is 642 g/mol. The zero-order valence-corrected chi connectivity index (χ0v) is 25.2. The Morgan fingerprint density at radius 1 is 0.595 bits per heavy atom. The molecule has 4 rings (SSSR count). The summed E-state index contributed by atoms with van der Waals surface area (Å²) >= 11 is 0. The summed E-state index contributed by atoms with van der Waals surface area (Å²) in [5.74, 6) is 0. The molecule has 12 nitrogen and oxygen atoms in total. The maximum Gasteiger partial charge on any atom is 0.297 e. The molecule has 0 bridgehead atoms. The molecule has 42 heavy (non-hydrogen) atoms. The Hall–Kier alpha value is -2.73. The number of hydrogen-bond acceptors (Lipinski definition) is 12. The van der Waals surface area contributed by atoms with Crippen molar-refractivity contribution in [2.24, 2.45) is 0 Å². The van der Waals surface area contributed by atoms with Gasteiger partial charge >= 0.3 is 0 Å². The molecule has 2 N–H and O–H groups in total. The maximum absolute atomic E-state index is 13.1. The Bertz CT molecular complexity index is 1700. The first kappa shape index (κ1) is 32.2. The largest absolute Gasteiger partial charge is 0.387 e. The minimum absolute atomic E-state index is 0.195. The minimum Gasteiger partial charge on any atom is -0.387 e. The summed E-state index contributed by atoms with van der Waals surface area (Å²) in [7, 11) is -13.7. The quantitative estimate of drug-likeness (QED) is 0.308. The van der Waals surface area contributed by atoms with Crippen LogP contribution in [0.5, 0.6) is 0 Å². The van der Waals surface area contributed by atoms with Crippen LogP contribution in [0.4, 0.5) is 0 Å². The molecule has 0 spiro atoms. The maximum atomic E-state index is 13.1. The lowest BCUT2D eigenvalue weighted by molar-refractivity contribution is -0.273. The molecular weight excluding hydrogens is 612 g/mol. The highest BCUT2D eigenvalue weighted by Gasteiger charge is 2.51. The second kappa shape index (κ2) is 12.5. The molecule has 15 heteroatoms. The minimum atomic E-state index is -4.67. The molecule has 5 atom stereocenters. The molecule has 1 saturated heterocycles. The van der Waals surface area contributed by atoms with Crippen molar-refractivity contribution in [3.63, 3.8) is 0 Å². The van der Waals surface area contributed by atoms with E-state index in [2.05, 4.69) is 0 Å². The van der Waals surface area contributed by atoms with Crippen molar-refractivity contribution in [1.29, 1.82) is 0 Å². The van der Waals surface area contributed by atoms with E-state index in [1.807, 2.05) is 0 Å². The number of hydrogen-bond donors (Lipinski definition) is 2. The molecule has 5 unspecified atom stereocenters. The van der Waals surface area contributed by atoms with E-state index < -0.39 is 67.7 Å². The Morgan fingerprint density at radius 2 is 0.952 bits per heavy atom. The van der Waals surface area contributed by atoms with Gasteiger partial charge in [-0.25, -0.2) is 0 Å². The lowest BCUT2D eigenvalue weighted by Crippen LogP contribution is -2.61. The van der Waals surface area contributed by atoms with Crippen LogP contribution in [0.1, 0.15) is 16.7 Å². The molecule has 1 heterocycles. The third-order valence-corrected chi connectivity index (χ3v) is 10.4. The van der Waals surface area contributed by atoms with Crippen LogP contribution in [0.3, 0.4) is 0 Å². The van der Waals surface area contributed by atoms with Crippen molar-refractivity contribution in [3.05, 3.63) is 89.5 Å². The fourth-order valence-electron chi connectivity index (χ4n) is 4.00. The highest BCUT2D eigenvalue weighted by molar-refractivity contribution is 7.87. The predicted molar refractivity (Wildman–Crippen MR) is 148 cm³/mol. The summed E-state index contributed by atoms with van der Waals surface area (Å²) in [6.07, 6.45) is -10.1. The van der Waals surface area contributed by atoms with E-state index >= 15 is 0 Å². The van der Waals surface area contributed by atoms with E-state index in [1.54, 1.807) is 32.9 Å². The van der Waals surface area contributed by atoms with Crippen molar-refractivity contribution in [1.82, 2.24) is 0 Å². The van der Waals surface area contributed by atoms with Crippen molar-refractivity contribution >= 4 is 30.4 Å². The predicted octanol–water partition coefficient (Wildman–Crippen LogP) is 1.94. The van der Waals surface area contributed by atoms with Gasteiger partial charge in [-0.05, 0) is 57.2 Å².